The van der Waals surface area contributed by atoms with Gasteiger partial charge in [0.2, 0.25) is 0 Å². The lowest BCUT2D eigenvalue weighted by Gasteiger charge is -2.10. The zero-order valence-corrected chi connectivity index (χ0v) is 17.9. The number of carbonyl (C=O) groups is 1. The first kappa shape index (κ1) is 18.9. The summed E-state index contributed by atoms with van der Waals surface area (Å²) in [6.07, 6.45) is 0. The minimum Gasteiger partial charge on any atom is -0.496 e. The van der Waals surface area contributed by atoms with Crippen LogP contribution in [0.2, 0.25) is 5.02 Å². The maximum absolute atomic E-state index is 12.7. The van der Waals surface area contributed by atoms with Crippen LogP contribution in [-0.2, 0) is 0 Å². The Morgan fingerprint density at radius 1 is 1.14 bits per heavy atom. The van der Waals surface area contributed by atoms with E-state index in [1.54, 1.807) is 42.7 Å². The molecule has 0 spiro atoms. The number of nitrogens with zero attached hydrogens (tertiary/aromatic N) is 1. The summed E-state index contributed by atoms with van der Waals surface area (Å²) >= 11 is 11.3. The molecule has 1 amide bonds. The molecule has 0 atom stereocenters. The molecule has 0 saturated heterocycles. The van der Waals surface area contributed by atoms with Crippen LogP contribution in [0.25, 0.3) is 20.8 Å². The summed E-state index contributed by atoms with van der Waals surface area (Å²) < 4.78 is 7.02. The van der Waals surface area contributed by atoms with Crippen molar-refractivity contribution in [1.82, 2.24) is 4.98 Å². The van der Waals surface area contributed by atoms with E-state index < -0.39 is 0 Å². The Morgan fingerprint density at radius 3 is 2.71 bits per heavy atom. The van der Waals surface area contributed by atoms with E-state index in [9.17, 15) is 4.79 Å². The summed E-state index contributed by atoms with van der Waals surface area (Å²) in [5.41, 5.74) is 2.88. The molecule has 3 aromatic carbocycles. The Bertz CT molecular complexity index is 1160. The minimum atomic E-state index is -0.258. The fourth-order valence-corrected chi connectivity index (χ4v) is 4.42. The highest BCUT2D eigenvalue weighted by Crippen LogP contribution is 2.34. The van der Waals surface area contributed by atoms with Gasteiger partial charge in [-0.25, -0.2) is 4.98 Å². The maximum atomic E-state index is 12.7. The molecule has 4 aromatic rings. The Kier molecular flexibility index (Phi) is 5.35. The van der Waals surface area contributed by atoms with Gasteiger partial charge < -0.3 is 10.1 Å². The standard InChI is InChI=1S/C21H14BrClN2O2S/c1-27-18-9-7-12(10-14(18)22)20(26)24-17-11-13(6-8-15(17)23)21-25-16-4-2-3-5-19(16)28-21/h2-11H,1H3,(H,24,26). The molecule has 140 valence electrons. The first-order valence-corrected chi connectivity index (χ1v) is 10.3. The van der Waals surface area contributed by atoms with E-state index >= 15 is 0 Å². The summed E-state index contributed by atoms with van der Waals surface area (Å²) in [7, 11) is 1.58. The largest absolute Gasteiger partial charge is 0.496 e. The summed E-state index contributed by atoms with van der Waals surface area (Å²) in [5.74, 6) is 0.402. The molecule has 0 bridgehead atoms. The topological polar surface area (TPSA) is 51.2 Å². The third kappa shape index (κ3) is 3.76. The molecule has 0 unspecified atom stereocenters. The first-order chi connectivity index (χ1) is 13.5. The number of benzene rings is 3. The van der Waals surface area contributed by atoms with Crippen LogP contribution in [0, 0.1) is 0 Å². The Labute approximate surface area is 179 Å². The van der Waals surface area contributed by atoms with Crippen molar-refractivity contribution in [1.29, 1.82) is 0 Å². The number of fused-ring (bicyclic) bond motifs is 1. The van der Waals surface area contributed by atoms with Crippen LogP contribution >= 0.6 is 38.9 Å². The van der Waals surface area contributed by atoms with Gasteiger partial charge in [0.15, 0.2) is 0 Å². The van der Waals surface area contributed by atoms with Crippen molar-refractivity contribution in [3.63, 3.8) is 0 Å². The van der Waals surface area contributed by atoms with Gasteiger partial charge >= 0.3 is 0 Å². The molecule has 1 aromatic heterocycles. The van der Waals surface area contributed by atoms with Crippen molar-refractivity contribution < 1.29 is 9.53 Å². The first-order valence-electron chi connectivity index (χ1n) is 8.35. The van der Waals surface area contributed by atoms with Gasteiger partial charge in [0.25, 0.3) is 5.91 Å². The maximum Gasteiger partial charge on any atom is 0.255 e. The van der Waals surface area contributed by atoms with E-state index in [2.05, 4.69) is 26.2 Å². The van der Waals surface area contributed by atoms with Crippen LogP contribution < -0.4 is 10.1 Å². The number of amides is 1. The van der Waals surface area contributed by atoms with Crippen molar-refractivity contribution in [2.45, 2.75) is 0 Å². The molecule has 1 N–H and O–H groups in total. The van der Waals surface area contributed by atoms with Crippen LogP contribution in [0.3, 0.4) is 0 Å². The number of ether oxygens (including phenoxy) is 1. The highest BCUT2D eigenvalue weighted by Gasteiger charge is 2.13. The molecule has 0 saturated carbocycles. The number of halogens is 2. The second-order valence-electron chi connectivity index (χ2n) is 5.98. The van der Waals surface area contributed by atoms with E-state index in [1.165, 1.54) is 0 Å². The van der Waals surface area contributed by atoms with E-state index in [4.69, 9.17) is 16.3 Å². The normalized spacial score (nSPS) is 10.8. The lowest BCUT2D eigenvalue weighted by molar-refractivity contribution is 0.102. The van der Waals surface area contributed by atoms with Gasteiger partial charge in [0.05, 0.1) is 32.5 Å². The van der Waals surface area contributed by atoms with E-state index in [0.29, 0.717) is 26.5 Å². The number of nitrogens with one attached hydrogen (secondary N) is 1. The van der Waals surface area contributed by atoms with Crippen molar-refractivity contribution in [3.8, 4) is 16.3 Å². The Balaban J connectivity index is 1.63. The predicted molar refractivity (Wildman–Crippen MR) is 119 cm³/mol. The zero-order valence-electron chi connectivity index (χ0n) is 14.7. The van der Waals surface area contributed by atoms with E-state index in [1.807, 2.05) is 36.4 Å². The second kappa shape index (κ2) is 7.91. The predicted octanol–water partition coefficient (Wildman–Crippen LogP) is 6.64. The smallest absolute Gasteiger partial charge is 0.255 e. The SMILES string of the molecule is COc1ccc(C(=O)Nc2cc(-c3nc4ccccc4s3)ccc2Cl)cc1Br. The van der Waals surface area contributed by atoms with Crippen LogP contribution in [0.15, 0.2) is 65.1 Å². The average molecular weight is 474 g/mol. The number of methoxy groups -OCH3 is 1. The summed E-state index contributed by atoms with van der Waals surface area (Å²) in [4.78, 5) is 17.3. The van der Waals surface area contributed by atoms with Crippen LogP contribution in [0.5, 0.6) is 5.75 Å². The van der Waals surface area contributed by atoms with E-state index in [0.717, 1.165) is 20.8 Å². The Morgan fingerprint density at radius 2 is 1.96 bits per heavy atom. The number of para-hydroxylation sites is 1. The molecule has 0 aliphatic carbocycles. The number of anilines is 1. The van der Waals surface area contributed by atoms with E-state index in [-0.39, 0.29) is 5.91 Å². The second-order valence-corrected chi connectivity index (χ2v) is 8.28. The third-order valence-electron chi connectivity index (χ3n) is 4.17. The number of aromatic nitrogens is 1. The summed E-state index contributed by atoms with van der Waals surface area (Å²) in [6.45, 7) is 0. The molecule has 1 heterocycles. The van der Waals surface area contributed by atoms with Gasteiger partial charge in [0.1, 0.15) is 10.8 Å². The van der Waals surface area contributed by atoms with Gasteiger partial charge in [-0.1, -0.05) is 29.8 Å². The van der Waals surface area contributed by atoms with Crippen LogP contribution in [0.1, 0.15) is 10.4 Å². The molecular weight excluding hydrogens is 460 g/mol. The monoisotopic (exact) mass is 472 g/mol. The van der Waals surface area contributed by atoms with Crippen LogP contribution in [-0.4, -0.2) is 18.0 Å². The number of carbonyl (C=O) groups excluding carboxylic acids is 1. The lowest BCUT2D eigenvalue weighted by Crippen LogP contribution is -2.12. The van der Waals surface area contributed by atoms with Gasteiger partial charge in [-0.15, -0.1) is 11.3 Å². The highest BCUT2D eigenvalue weighted by molar-refractivity contribution is 9.10. The Hall–Kier alpha value is -2.41. The molecule has 28 heavy (non-hydrogen) atoms. The zero-order chi connectivity index (χ0) is 19.7. The van der Waals surface area contributed by atoms with Crippen molar-refractivity contribution in [2.24, 2.45) is 0 Å². The van der Waals surface area contributed by atoms with Crippen molar-refractivity contribution >= 4 is 60.7 Å². The molecule has 4 rings (SSSR count). The van der Waals surface area contributed by atoms with Crippen LogP contribution in [0.4, 0.5) is 5.69 Å². The van der Waals surface area contributed by atoms with Gasteiger partial charge in [0, 0.05) is 11.1 Å². The minimum absolute atomic E-state index is 0.258. The molecule has 0 aliphatic heterocycles. The molecule has 4 nitrogen and oxygen atoms in total. The fraction of sp³-hybridized carbons (Fsp3) is 0.0476. The average Bonchev–Trinajstić information content (AvgIpc) is 3.13. The molecular formula is C21H14BrClN2O2S. The molecule has 0 aliphatic rings. The highest BCUT2D eigenvalue weighted by atomic mass is 79.9. The van der Waals surface area contributed by atoms with Gasteiger partial charge in [-0.05, 0) is 58.4 Å². The lowest BCUT2D eigenvalue weighted by atomic mass is 10.1. The third-order valence-corrected chi connectivity index (χ3v) is 6.20. The molecule has 0 fully saturated rings. The molecule has 0 radical (unpaired) electrons. The van der Waals surface area contributed by atoms with Crippen molar-refractivity contribution in [3.05, 3.63) is 75.7 Å². The van der Waals surface area contributed by atoms with Crippen molar-refractivity contribution in [2.75, 3.05) is 12.4 Å². The summed E-state index contributed by atoms with van der Waals surface area (Å²) in [6, 6.07) is 18.6. The number of hydrogen-bond acceptors (Lipinski definition) is 4. The molecule has 7 heteroatoms. The quantitative estimate of drug-likeness (QED) is 0.361. The number of hydrogen-bond donors (Lipinski definition) is 1. The number of rotatable bonds is 4. The van der Waals surface area contributed by atoms with Gasteiger partial charge in [-0.2, -0.15) is 0 Å². The fourth-order valence-electron chi connectivity index (χ4n) is 2.75. The van der Waals surface area contributed by atoms with Gasteiger partial charge in [-0.3, -0.25) is 4.79 Å². The summed E-state index contributed by atoms with van der Waals surface area (Å²) in [5, 5.41) is 4.22. The number of thiazole rings is 1.